The molecule has 2 N–H and O–H groups in total. The SMILES string of the molecule is Cc1cnc(Cc2cc(F)cc(F)c2)nc1CN. The van der Waals surface area contributed by atoms with Crippen LogP contribution in [0, 0.1) is 18.6 Å². The Kier molecular flexibility index (Phi) is 3.62. The van der Waals surface area contributed by atoms with Crippen LogP contribution in [-0.2, 0) is 13.0 Å². The van der Waals surface area contributed by atoms with Gasteiger partial charge in [-0.2, -0.15) is 0 Å². The van der Waals surface area contributed by atoms with E-state index in [0.29, 0.717) is 17.9 Å². The number of nitrogens with two attached hydrogens (primary N) is 1. The molecule has 0 atom stereocenters. The van der Waals surface area contributed by atoms with Crippen LogP contribution in [-0.4, -0.2) is 9.97 Å². The zero-order valence-corrected chi connectivity index (χ0v) is 9.95. The second kappa shape index (κ2) is 5.18. The van der Waals surface area contributed by atoms with Gasteiger partial charge < -0.3 is 5.73 Å². The third-order valence-electron chi connectivity index (χ3n) is 2.60. The van der Waals surface area contributed by atoms with Gasteiger partial charge in [-0.3, -0.25) is 0 Å². The summed E-state index contributed by atoms with van der Waals surface area (Å²) >= 11 is 0. The number of aromatic nitrogens is 2. The number of halogens is 2. The third kappa shape index (κ3) is 2.87. The minimum absolute atomic E-state index is 0.280. The van der Waals surface area contributed by atoms with Gasteiger partial charge in [0, 0.05) is 25.2 Å². The van der Waals surface area contributed by atoms with Gasteiger partial charge in [-0.05, 0) is 30.2 Å². The average molecular weight is 249 g/mol. The van der Waals surface area contributed by atoms with Crippen LogP contribution >= 0.6 is 0 Å². The van der Waals surface area contributed by atoms with Gasteiger partial charge >= 0.3 is 0 Å². The lowest BCUT2D eigenvalue weighted by Gasteiger charge is -2.05. The number of aryl methyl sites for hydroxylation is 1. The highest BCUT2D eigenvalue weighted by molar-refractivity contribution is 5.23. The fourth-order valence-corrected chi connectivity index (χ4v) is 1.71. The highest BCUT2D eigenvalue weighted by Crippen LogP contribution is 2.12. The van der Waals surface area contributed by atoms with Crippen molar-refractivity contribution in [3.63, 3.8) is 0 Å². The van der Waals surface area contributed by atoms with Crippen LogP contribution in [0.2, 0.25) is 0 Å². The minimum Gasteiger partial charge on any atom is -0.325 e. The van der Waals surface area contributed by atoms with Crippen LogP contribution in [0.4, 0.5) is 8.78 Å². The molecule has 18 heavy (non-hydrogen) atoms. The van der Waals surface area contributed by atoms with E-state index in [1.165, 1.54) is 12.1 Å². The quantitative estimate of drug-likeness (QED) is 0.906. The highest BCUT2D eigenvalue weighted by Gasteiger charge is 2.06. The number of nitrogens with zero attached hydrogens (tertiary/aromatic N) is 2. The Morgan fingerprint density at radius 2 is 1.83 bits per heavy atom. The maximum atomic E-state index is 13.0. The van der Waals surface area contributed by atoms with E-state index in [-0.39, 0.29) is 6.42 Å². The van der Waals surface area contributed by atoms with E-state index >= 15 is 0 Å². The van der Waals surface area contributed by atoms with Crippen LogP contribution in [0.25, 0.3) is 0 Å². The van der Waals surface area contributed by atoms with Crippen molar-refractivity contribution in [2.24, 2.45) is 5.73 Å². The second-order valence-corrected chi connectivity index (χ2v) is 4.07. The smallest absolute Gasteiger partial charge is 0.132 e. The largest absolute Gasteiger partial charge is 0.325 e. The molecule has 0 amide bonds. The van der Waals surface area contributed by atoms with E-state index in [1.807, 2.05) is 6.92 Å². The van der Waals surface area contributed by atoms with E-state index in [0.717, 1.165) is 17.3 Å². The van der Waals surface area contributed by atoms with E-state index in [1.54, 1.807) is 6.20 Å². The maximum Gasteiger partial charge on any atom is 0.132 e. The molecular weight excluding hydrogens is 236 g/mol. The van der Waals surface area contributed by atoms with Crippen LogP contribution in [0.5, 0.6) is 0 Å². The van der Waals surface area contributed by atoms with Crippen molar-refractivity contribution in [3.05, 3.63) is 58.7 Å². The first kappa shape index (κ1) is 12.6. The third-order valence-corrected chi connectivity index (χ3v) is 2.60. The molecular formula is C13H13F2N3. The molecule has 94 valence electrons. The number of hydrogen-bond acceptors (Lipinski definition) is 3. The predicted octanol–water partition coefficient (Wildman–Crippen LogP) is 2.11. The van der Waals surface area contributed by atoms with Gasteiger partial charge in [-0.25, -0.2) is 18.7 Å². The van der Waals surface area contributed by atoms with E-state index in [9.17, 15) is 8.78 Å². The summed E-state index contributed by atoms with van der Waals surface area (Å²) in [6.07, 6.45) is 1.95. The van der Waals surface area contributed by atoms with Crippen molar-refractivity contribution in [2.75, 3.05) is 0 Å². The summed E-state index contributed by atoms with van der Waals surface area (Å²) in [5, 5.41) is 0. The van der Waals surface area contributed by atoms with Crippen molar-refractivity contribution in [1.82, 2.24) is 9.97 Å². The molecule has 0 aliphatic rings. The van der Waals surface area contributed by atoms with Crippen LogP contribution < -0.4 is 5.73 Å². The van der Waals surface area contributed by atoms with Gasteiger partial charge in [0.25, 0.3) is 0 Å². The molecule has 0 spiro atoms. The molecule has 1 heterocycles. The first-order chi connectivity index (χ1) is 8.58. The van der Waals surface area contributed by atoms with Crippen molar-refractivity contribution < 1.29 is 8.78 Å². The fourth-order valence-electron chi connectivity index (χ4n) is 1.71. The molecule has 3 nitrogen and oxygen atoms in total. The molecule has 2 rings (SSSR count). The molecule has 2 aromatic rings. The summed E-state index contributed by atoms with van der Waals surface area (Å²) in [6.45, 7) is 2.19. The molecule has 0 radical (unpaired) electrons. The standard InChI is InChI=1S/C13H13F2N3/c1-8-7-17-13(18-12(8)6-16)4-9-2-10(14)5-11(15)3-9/h2-3,5,7H,4,6,16H2,1H3. The lowest BCUT2D eigenvalue weighted by Crippen LogP contribution is -2.07. The van der Waals surface area contributed by atoms with E-state index in [4.69, 9.17) is 5.73 Å². The van der Waals surface area contributed by atoms with Gasteiger partial charge in [-0.1, -0.05) is 0 Å². The number of hydrogen-bond donors (Lipinski definition) is 1. The van der Waals surface area contributed by atoms with Crippen molar-refractivity contribution in [3.8, 4) is 0 Å². The van der Waals surface area contributed by atoms with Gasteiger partial charge in [0.15, 0.2) is 0 Å². The maximum absolute atomic E-state index is 13.0. The number of rotatable bonds is 3. The summed E-state index contributed by atoms with van der Waals surface area (Å²) in [5.74, 6) is -0.696. The molecule has 0 aliphatic carbocycles. The number of benzene rings is 1. The molecule has 0 fully saturated rings. The van der Waals surface area contributed by atoms with Gasteiger partial charge in [0.2, 0.25) is 0 Å². The Bertz CT molecular complexity index is 550. The highest BCUT2D eigenvalue weighted by atomic mass is 19.1. The molecule has 0 saturated heterocycles. The fraction of sp³-hybridized carbons (Fsp3) is 0.231. The van der Waals surface area contributed by atoms with Crippen LogP contribution in [0.3, 0.4) is 0 Å². The molecule has 1 aromatic heterocycles. The predicted molar refractivity (Wildman–Crippen MR) is 63.8 cm³/mol. The Hall–Kier alpha value is -1.88. The van der Waals surface area contributed by atoms with Crippen molar-refractivity contribution in [2.45, 2.75) is 19.9 Å². The lowest BCUT2D eigenvalue weighted by atomic mass is 10.1. The molecule has 1 aromatic carbocycles. The van der Waals surface area contributed by atoms with Crippen molar-refractivity contribution in [1.29, 1.82) is 0 Å². The van der Waals surface area contributed by atoms with Crippen LogP contribution in [0.15, 0.2) is 24.4 Å². The molecule has 0 bridgehead atoms. The lowest BCUT2D eigenvalue weighted by molar-refractivity contribution is 0.580. The first-order valence-electron chi connectivity index (χ1n) is 5.55. The van der Waals surface area contributed by atoms with Crippen LogP contribution in [0.1, 0.15) is 22.6 Å². The Morgan fingerprint density at radius 1 is 1.17 bits per heavy atom. The topological polar surface area (TPSA) is 51.8 Å². The Balaban J connectivity index is 2.28. The molecule has 0 unspecified atom stereocenters. The van der Waals surface area contributed by atoms with Crippen molar-refractivity contribution >= 4 is 0 Å². The minimum atomic E-state index is -0.601. The average Bonchev–Trinajstić information content (AvgIpc) is 2.30. The van der Waals surface area contributed by atoms with Gasteiger partial charge in [-0.15, -0.1) is 0 Å². The molecule has 0 saturated carbocycles. The normalized spacial score (nSPS) is 10.7. The zero-order valence-electron chi connectivity index (χ0n) is 9.95. The van der Waals surface area contributed by atoms with Gasteiger partial charge in [0.1, 0.15) is 17.5 Å². The summed E-state index contributed by atoms with van der Waals surface area (Å²) in [7, 11) is 0. The summed E-state index contributed by atoms with van der Waals surface area (Å²) in [4.78, 5) is 8.39. The zero-order chi connectivity index (χ0) is 13.1. The second-order valence-electron chi connectivity index (χ2n) is 4.07. The summed E-state index contributed by atoms with van der Waals surface area (Å²) in [6, 6.07) is 3.38. The first-order valence-corrected chi connectivity index (χ1v) is 5.55. The van der Waals surface area contributed by atoms with Gasteiger partial charge in [0.05, 0.1) is 5.69 Å². The monoisotopic (exact) mass is 249 g/mol. The summed E-state index contributed by atoms with van der Waals surface area (Å²) < 4.78 is 26.1. The van der Waals surface area contributed by atoms with E-state index in [2.05, 4.69) is 9.97 Å². The molecule has 5 heteroatoms. The Morgan fingerprint density at radius 3 is 2.44 bits per heavy atom. The summed E-state index contributed by atoms with van der Waals surface area (Å²) in [5.41, 5.74) is 7.71. The van der Waals surface area contributed by atoms with E-state index < -0.39 is 11.6 Å². The molecule has 0 aliphatic heterocycles. The Labute approximate surface area is 104 Å².